The van der Waals surface area contributed by atoms with Crippen molar-refractivity contribution in [3.8, 4) is 17.2 Å². The number of hydrogen-bond donors (Lipinski definition) is 2. The van der Waals surface area contributed by atoms with Gasteiger partial charge in [0.15, 0.2) is 11.5 Å². The van der Waals surface area contributed by atoms with E-state index in [1.165, 1.54) is 0 Å². The molecule has 0 aromatic heterocycles. The first-order chi connectivity index (χ1) is 7.79. The number of phenolic OH excluding ortho intramolecular Hbond substituents is 1. The van der Waals surface area contributed by atoms with Crippen molar-refractivity contribution in [2.45, 2.75) is 18.9 Å². The zero-order valence-corrected chi connectivity index (χ0v) is 9.40. The van der Waals surface area contributed by atoms with Crippen molar-refractivity contribution in [1.82, 2.24) is 5.32 Å². The number of nitrogens with one attached hydrogen (secondary N) is 1. The van der Waals surface area contributed by atoms with E-state index in [1.807, 2.05) is 0 Å². The molecule has 2 rings (SSSR count). The lowest BCUT2D eigenvalue weighted by molar-refractivity contribution is 0.161. The van der Waals surface area contributed by atoms with E-state index in [1.54, 1.807) is 25.3 Å². The summed E-state index contributed by atoms with van der Waals surface area (Å²) in [7, 11) is 1.57. The lowest BCUT2D eigenvalue weighted by Gasteiger charge is -2.24. The topological polar surface area (TPSA) is 50.7 Å². The highest BCUT2D eigenvalue weighted by molar-refractivity contribution is 5.45. The van der Waals surface area contributed by atoms with Crippen LogP contribution in [0.3, 0.4) is 0 Å². The lowest BCUT2D eigenvalue weighted by atomic mass is 10.1. The fourth-order valence-corrected chi connectivity index (χ4v) is 1.85. The van der Waals surface area contributed by atoms with Gasteiger partial charge in [0.05, 0.1) is 7.11 Å². The van der Waals surface area contributed by atoms with Crippen molar-refractivity contribution in [3.63, 3.8) is 0 Å². The molecule has 0 saturated carbocycles. The number of benzene rings is 1. The fraction of sp³-hybridized carbons (Fsp3) is 0.500. The quantitative estimate of drug-likeness (QED) is 0.816. The molecule has 1 heterocycles. The summed E-state index contributed by atoms with van der Waals surface area (Å²) in [6.07, 6.45) is 2.37. The van der Waals surface area contributed by atoms with Gasteiger partial charge in [0.2, 0.25) is 0 Å². The molecule has 1 aliphatic rings. The minimum absolute atomic E-state index is 0.186. The highest BCUT2D eigenvalue weighted by atomic mass is 16.5. The molecule has 1 atom stereocenters. The first-order valence-electron chi connectivity index (χ1n) is 5.54. The van der Waals surface area contributed by atoms with Gasteiger partial charge in [-0.3, -0.25) is 0 Å². The Morgan fingerprint density at radius 1 is 1.38 bits per heavy atom. The van der Waals surface area contributed by atoms with Crippen LogP contribution < -0.4 is 14.8 Å². The summed E-state index contributed by atoms with van der Waals surface area (Å²) in [4.78, 5) is 0. The molecule has 1 aromatic carbocycles. The van der Waals surface area contributed by atoms with Crippen molar-refractivity contribution in [1.29, 1.82) is 0 Å². The molecule has 0 amide bonds. The zero-order valence-electron chi connectivity index (χ0n) is 9.40. The van der Waals surface area contributed by atoms with E-state index in [-0.39, 0.29) is 11.9 Å². The summed E-state index contributed by atoms with van der Waals surface area (Å²) in [5, 5.41) is 12.6. The number of piperidine rings is 1. The highest BCUT2D eigenvalue weighted by Gasteiger charge is 2.16. The molecule has 1 aromatic rings. The maximum Gasteiger partial charge on any atom is 0.164 e. The molecule has 4 nitrogen and oxygen atoms in total. The van der Waals surface area contributed by atoms with E-state index < -0.39 is 0 Å². The highest BCUT2D eigenvalue weighted by Crippen LogP contribution is 2.31. The molecule has 88 valence electrons. The van der Waals surface area contributed by atoms with Gasteiger partial charge in [-0.2, -0.15) is 0 Å². The van der Waals surface area contributed by atoms with Crippen LogP contribution in [0.2, 0.25) is 0 Å². The minimum atomic E-state index is 0.186. The van der Waals surface area contributed by atoms with Crippen LogP contribution in [0.15, 0.2) is 18.2 Å². The van der Waals surface area contributed by atoms with E-state index in [4.69, 9.17) is 9.47 Å². The van der Waals surface area contributed by atoms with Crippen LogP contribution in [0, 0.1) is 0 Å². The molecule has 0 bridgehead atoms. The van der Waals surface area contributed by atoms with Gasteiger partial charge in [0, 0.05) is 12.6 Å². The summed E-state index contributed by atoms with van der Waals surface area (Å²) >= 11 is 0. The third-order valence-corrected chi connectivity index (χ3v) is 2.69. The SMILES string of the molecule is COc1cc(O)ccc1OC1CCCNC1. The molecule has 2 N–H and O–H groups in total. The molecule has 1 fully saturated rings. The van der Waals surface area contributed by atoms with E-state index in [9.17, 15) is 5.11 Å². The van der Waals surface area contributed by atoms with Gasteiger partial charge < -0.3 is 19.9 Å². The van der Waals surface area contributed by atoms with Crippen LogP contribution in [-0.4, -0.2) is 31.4 Å². The Labute approximate surface area is 95.2 Å². The summed E-state index contributed by atoms with van der Waals surface area (Å²) < 4.78 is 11.0. The predicted octanol–water partition coefficient (Wildman–Crippen LogP) is 1.53. The van der Waals surface area contributed by atoms with Gasteiger partial charge in [-0.25, -0.2) is 0 Å². The van der Waals surface area contributed by atoms with Gasteiger partial charge in [-0.05, 0) is 31.5 Å². The molecule has 0 aliphatic carbocycles. The Hall–Kier alpha value is -1.42. The summed E-state index contributed by atoms with van der Waals surface area (Å²) in [6, 6.07) is 4.91. The molecule has 4 heteroatoms. The average molecular weight is 223 g/mol. The Balaban J connectivity index is 2.07. The monoisotopic (exact) mass is 223 g/mol. The van der Waals surface area contributed by atoms with E-state index in [0.717, 1.165) is 25.9 Å². The molecule has 1 saturated heterocycles. The normalized spacial score (nSPS) is 20.4. The molecule has 1 unspecified atom stereocenters. The first kappa shape index (κ1) is 11.1. The van der Waals surface area contributed by atoms with Gasteiger partial charge in [0.1, 0.15) is 11.9 Å². The minimum Gasteiger partial charge on any atom is -0.508 e. The van der Waals surface area contributed by atoms with Gasteiger partial charge in [-0.1, -0.05) is 0 Å². The molecular formula is C12H17NO3. The lowest BCUT2D eigenvalue weighted by Crippen LogP contribution is -2.37. The standard InChI is InChI=1S/C12H17NO3/c1-15-12-7-9(14)4-5-11(12)16-10-3-2-6-13-8-10/h4-5,7,10,13-14H,2-3,6,8H2,1H3. The van der Waals surface area contributed by atoms with E-state index in [2.05, 4.69) is 5.32 Å². The smallest absolute Gasteiger partial charge is 0.164 e. The van der Waals surface area contributed by atoms with Gasteiger partial charge in [0.25, 0.3) is 0 Å². The second-order valence-electron chi connectivity index (χ2n) is 3.92. The van der Waals surface area contributed by atoms with Crippen molar-refractivity contribution < 1.29 is 14.6 Å². The molecule has 16 heavy (non-hydrogen) atoms. The summed E-state index contributed by atoms with van der Waals surface area (Å²) in [5.74, 6) is 1.45. The number of ether oxygens (including phenoxy) is 2. The van der Waals surface area contributed by atoms with Crippen molar-refractivity contribution in [2.75, 3.05) is 20.2 Å². The molecule has 1 aliphatic heterocycles. The second kappa shape index (κ2) is 5.07. The second-order valence-corrected chi connectivity index (χ2v) is 3.92. The van der Waals surface area contributed by atoms with E-state index >= 15 is 0 Å². The third kappa shape index (κ3) is 2.58. The van der Waals surface area contributed by atoms with Crippen molar-refractivity contribution in [2.24, 2.45) is 0 Å². The number of rotatable bonds is 3. The van der Waals surface area contributed by atoms with E-state index in [0.29, 0.717) is 11.5 Å². The van der Waals surface area contributed by atoms with Gasteiger partial charge in [-0.15, -0.1) is 0 Å². The summed E-state index contributed by atoms with van der Waals surface area (Å²) in [5.41, 5.74) is 0. The third-order valence-electron chi connectivity index (χ3n) is 2.69. The number of phenols is 1. The molecule has 0 spiro atoms. The Morgan fingerprint density at radius 3 is 2.94 bits per heavy atom. The summed E-state index contributed by atoms with van der Waals surface area (Å²) in [6.45, 7) is 1.93. The van der Waals surface area contributed by atoms with Gasteiger partial charge >= 0.3 is 0 Å². The van der Waals surface area contributed by atoms with Crippen LogP contribution in [0.25, 0.3) is 0 Å². The molecule has 0 radical (unpaired) electrons. The van der Waals surface area contributed by atoms with Crippen LogP contribution in [0.5, 0.6) is 17.2 Å². The fourth-order valence-electron chi connectivity index (χ4n) is 1.85. The molecular weight excluding hydrogens is 206 g/mol. The van der Waals surface area contributed by atoms with Crippen LogP contribution in [0.1, 0.15) is 12.8 Å². The first-order valence-corrected chi connectivity index (χ1v) is 5.54. The van der Waals surface area contributed by atoms with Crippen LogP contribution >= 0.6 is 0 Å². The van der Waals surface area contributed by atoms with Crippen molar-refractivity contribution in [3.05, 3.63) is 18.2 Å². The maximum absolute atomic E-state index is 9.33. The Kier molecular flexibility index (Phi) is 3.51. The van der Waals surface area contributed by atoms with Crippen LogP contribution in [0.4, 0.5) is 0 Å². The van der Waals surface area contributed by atoms with Crippen molar-refractivity contribution >= 4 is 0 Å². The largest absolute Gasteiger partial charge is 0.508 e. The number of hydrogen-bond acceptors (Lipinski definition) is 4. The number of aromatic hydroxyl groups is 1. The Bertz CT molecular complexity index is 348. The predicted molar refractivity (Wildman–Crippen MR) is 61.2 cm³/mol. The average Bonchev–Trinajstić information content (AvgIpc) is 2.33. The number of methoxy groups -OCH3 is 1. The maximum atomic E-state index is 9.33. The zero-order chi connectivity index (χ0) is 11.4. The van der Waals surface area contributed by atoms with Crippen LogP contribution in [-0.2, 0) is 0 Å². The Morgan fingerprint density at radius 2 is 2.25 bits per heavy atom.